The molecule has 2 aromatic heterocycles. The molecule has 2 heterocycles. The third-order valence-electron chi connectivity index (χ3n) is 5.73. The Morgan fingerprint density at radius 3 is 2.27 bits per heavy atom. The van der Waals surface area contributed by atoms with E-state index in [0.29, 0.717) is 23.4 Å². The zero-order valence-corrected chi connectivity index (χ0v) is 22.4. The van der Waals surface area contributed by atoms with E-state index in [-0.39, 0.29) is 28.6 Å². The molecule has 0 unspecified atom stereocenters. The number of hydrogen-bond donors (Lipinski definition) is 3. The van der Waals surface area contributed by atoms with Crippen LogP contribution in [0.5, 0.6) is 5.75 Å². The van der Waals surface area contributed by atoms with E-state index in [1.165, 1.54) is 25.3 Å². The number of ether oxygens (including phenoxy) is 1. The maximum atomic E-state index is 12.6. The van der Waals surface area contributed by atoms with E-state index in [2.05, 4.69) is 20.7 Å². The fourth-order valence-electron chi connectivity index (χ4n) is 3.73. The molecular weight excluding hydrogens is 525 g/mol. The van der Waals surface area contributed by atoms with Crippen molar-refractivity contribution >= 4 is 29.1 Å². The smallest absolute Gasteiger partial charge is 0.405 e. The minimum atomic E-state index is -4.51. The number of pyridine rings is 1. The van der Waals surface area contributed by atoms with Crippen LogP contribution in [0.25, 0.3) is 16.8 Å². The average molecular weight is 555 g/mol. The van der Waals surface area contributed by atoms with Crippen molar-refractivity contribution in [2.45, 2.75) is 26.9 Å². The van der Waals surface area contributed by atoms with E-state index >= 15 is 0 Å². The standard InChI is InChI=1S/C28H29F3N6O3/c1-27(2,3)15-32-24(38)18-7-5-6-17(12-18)20-9-11-23-35-26(36-37(23)14-20)34-21-10-8-19(13-22(21)40-4)25(39)33-16-28(29,30)31/h5-14H,15-16H2,1-4H3,(H,32,38)(H,33,39)(H,34,36). The van der Waals surface area contributed by atoms with Gasteiger partial charge in [-0.15, -0.1) is 5.10 Å². The average Bonchev–Trinajstić information content (AvgIpc) is 3.31. The molecular formula is C28H29F3N6O3. The largest absolute Gasteiger partial charge is 0.495 e. The molecule has 0 spiro atoms. The van der Waals surface area contributed by atoms with Gasteiger partial charge in [-0.25, -0.2) is 4.52 Å². The number of alkyl halides is 3. The molecule has 0 atom stereocenters. The molecule has 0 saturated heterocycles. The van der Waals surface area contributed by atoms with E-state index in [1.54, 1.807) is 22.8 Å². The fourth-order valence-corrected chi connectivity index (χ4v) is 3.73. The Hall–Kier alpha value is -4.61. The second kappa shape index (κ2) is 11.2. The maximum Gasteiger partial charge on any atom is 0.405 e. The van der Waals surface area contributed by atoms with Gasteiger partial charge in [0.2, 0.25) is 5.95 Å². The predicted molar refractivity (Wildman–Crippen MR) is 145 cm³/mol. The Bertz CT molecular complexity index is 1540. The number of benzene rings is 2. The highest BCUT2D eigenvalue weighted by atomic mass is 19.4. The van der Waals surface area contributed by atoms with E-state index in [4.69, 9.17) is 4.74 Å². The second-order valence-electron chi connectivity index (χ2n) is 10.3. The number of aromatic nitrogens is 3. The summed E-state index contributed by atoms with van der Waals surface area (Å²) >= 11 is 0. The summed E-state index contributed by atoms with van der Waals surface area (Å²) < 4.78 is 44.2. The third kappa shape index (κ3) is 7.28. The van der Waals surface area contributed by atoms with E-state index in [1.807, 2.05) is 50.4 Å². The number of nitrogens with zero attached hydrogens (tertiary/aromatic N) is 3. The normalized spacial score (nSPS) is 11.8. The summed E-state index contributed by atoms with van der Waals surface area (Å²) in [5, 5.41) is 12.2. The van der Waals surface area contributed by atoms with Crippen LogP contribution in [0.4, 0.5) is 24.8 Å². The maximum absolute atomic E-state index is 12.6. The van der Waals surface area contributed by atoms with Gasteiger partial charge in [-0.3, -0.25) is 9.59 Å². The molecule has 0 radical (unpaired) electrons. The van der Waals surface area contributed by atoms with Crippen molar-refractivity contribution in [3.63, 3.8) is 0 Å². The van der Waals surface area contributed by atoms with Crippen LogP contribution >= 0.6 is 0 Å². The van der Waals surface area contributed by atoms with Crippen LogP contribution < -0.4 is 20.7 Å². The molecule has 2 aromatic carbocycles. The first-order chi connectivity index (χ1) is 18.8. The van der Waals surface area contributed by atoms with Gasteiger partial charge in [-0.1, -0.05) is 32.9 Å². The fraction of sp³-hybridized carbons (Fsp3) is 0.286. The quantitative estimate of drug-likeness (QED) is 0.276. The zero-order chi connectivity index (χ0) is 29.1. The number of methoxy groups -OCH3 is 1. The number of nitrogens with one attached hydrogen (secondary N) is 3. The number of fused-ring (bicyclic) bond motifs is 1. The highest BCUT2D eigenvalue weighted by molar-refractivity contribution is 5.96. The minimum Gasteiger partial charge on any atom is -0.495 e. The molecule has 0 aliphatic carbocycles. The number of amides is 2. The molecule has 0 saturated carbocycles. The number of anilines is 2. The summed E-state index contributed by atoms with van der Waals surface area (Å²) in [5.74, 6) is -0.569. The van der Waals surface area contributed by atoms with Crippen LogP contribution in [0.15, 0.2) is 60.8 Å². The van der Waals surface area contributed by atoms with E-state index in [9.17, 15) is 22.8 Å². The molecule has 0 bridgehead atoms. The monoisotopic (exact) mass is 554 g/mol. The molecule has 0 aliphatic rings. The molecule has 0 fully saturated rings. The number of carbonyl (C=O) groups is 2. The SMILES string of the molecule is COc1cc(C(=O)NCC(F)(F)F)ccc1Nc1nc2ccc(-c3cccc(C(=O)NCC(C)(C)C)c3)cn2n1. The molecule has 2 amide bonds. The van der Waals surface area contributed by atoms with Crippen LogP contribution in [-0.4, -0.2) is 52.8 Å². The molecule has 40 heavy (non-hydrogen) atoms. The minimum absolute atomic E-state index is 0.00794. The molecule has 9 nitrogen and oxygen atoms in total. The number of hydrogen-bond acceptors (Lipinski definition) is 6. The van der Waals surface area contributed by atoms with Crippen LogP contribution in [-0.2, 0) is 0 Å². The lowest BCUT2D eigenvalue weighted by molar-refractivity contribution is -0.123. The summed E-state index contributed by atoms with van der Waals surface area (Å²) in [4.78, 5) is 29.2. The molecule has 4 rings (SSSR count). The molecule has 210 valence electrons. The predicted octanol–water partition coefficient (Wildman–Crippen LogP) is 5.22. The first-order valence-electron chi connectivity index (χ1n) is 12.4. The van der Waals surface area contributed by atoms with Gasteiger partial charge >= 0.3 is 6.18 Å². The molecule has 3 N–H and O–H groups in total. The Morgan fingerprint density at radius 1 is 0.900 bits per heavy atom. The third-order valence-corrected chi connectivity index (χ3v) is 5.73. The first-order valence-corrected chi connectivity index (χ1v) is 12.4. The summed E-state index contributed by atoms with van der Waals surface area (Å²) in [6.45, 7) is 5.26. The van der Waals surface area contributed by atoms with Gasteiger partial charge in [-0.05, 0) is 53.4 Å². The highest BCUT2D eigenvalue weighted by Gasteiger charge is 2.28. The van der Waals surface area contributed by atoms with Gasteiger partial charge in [-0.2, -0.15) is 18.2 Å². The van der Waals surface area contributed by atoms with Crippen molar-refractivity contribution in [2.75, 3.05) is 25.5 Å². The summed E-state index contributed by atoms with van der Waals surface area (Å²) in [7, 11) is 1.37. The van der Waals surface area contributed by atoms with Gasteiger partial charge in [0.25, 0.3) is 11.8 Å². The van der Waals surface area contributed by atoms with E-state index in [0.717, 1.165) is 11.1 Å². The molecule has 4 aromatic rings. The zero-order valence-electron chi connectivity index (χ0n) is 22.4. The van der Waals surface area contributed by atoms with E-state index < -0.39 is 18.6 Å². The lowest BCUT2D eigenvalue weighted by atomic mass is 9.96. The Balaban J connectivity index is 1.51. The van der Waals surface area contributed by atoms with Crippen LogP contribution in [0.3, 0.4) is 0 Å². The van der Waals surface area contributed by atoms with Gasteiger partial charge in [0.1, 0.15) is 12.3 Å². The van der Waals surface area contributed by atoms with Crippen molar-refractivity contribution in [1.82, 2.24) is 25.2 Å². The van der Waals surface area contributed by atoms with Gasteiger partial charge < -0.3 is 20.7 Å². The van der Waals surface area contributed by atoms with Gasteiger partial charge in [0, 0.05) is 29.4 Å². The van der Waals surface area contributed by atoms with Crippen molar-refractivity contribution in [2.24, 2.45) is 5.41 Å². The van der Waals surface area contributed by atoms with Crippen molar-refractivity contribution < 1.29 is 27.5 Å². The number of carbonyl (C=O) groups excluding carboxylic acids is 2. The molecule has 12 heteroatoms. The Labute approximate surface area is 228 Å². The molecule has 0 aliphatic heterocycles. The Kier molecular flexibility index (Phi) is 7.98. The van der Waals surface area contributed by atoms with Gasteiger partial charge in [0.05, 0.1) is 12.8 Å². The lowest BCUT2D eigenvalue weighted by Crippen LogP contribution is -2.33. The summed E-state index contributed by atoms with van der Waals surface area (Å²) in [6, 6.07) is 15.1. The van der Waals surface area contributed by atoms with Gasteiger partial charge in [0.15, 0.2) is 5.65 Å². The van der Waals surface area contributed by atoms with Crippen LogP contribution in [0, 0.1) is 5.41 Å². The first kappa shape index (κ1) is 28.4. The van der Waals surface area contributed by atoms with Crippen LogP contribution in [0.1, 0.15) is 41.5 Å². The summed E-state index contributed by atoms with van der Waals surface area (Å²) in [6.07, 6.45) is -2.73. The number of halogens is 3. The lowest BCUT2D eigenvalue weighted by Gasteiger charge is -2.18. The Morgan fingerprint density at radius 2 is 1.60 bits per heavy atom. The topological polar surface area (TPSA) is 110 Å². The van der Waals surface area contributed by atoms with Crippen molar-refractivity contribution in [3.8, 4) is 16.9 Å². The van der Waals surface area contributed by atoms with Crippen LogP contribution in [0.2, 0.25) is 0 Å². The summed E-state index contributed by atoms with van der Waals surface area (Å²) in [5.41, 5.74) is 3.14. The highest BCUT2D eigenvalue weighted by Crippen LogP contribution is 2.29. The van der Waals surface area contributed by atoms with Crippen molar-refractivity contribution in [1.29, 1.82) is 0 Å². The second-order valence-corrected chi connectivity index (χ2v) is 10.3. The number of rotatable bonds is 8. The van der Waals surface area contributed by atoms with Crippen molar-refractivity contribution in [3.05, 3.63) is 71.9 Å².